The molecule has 0 saturated heterocycles. The van der Waals surface area contributed by atoms with Crippen LogP contribution in [0.4, 0.5) is 14.9 Å². The van der Waals surface area contributed by atoms with Gasteiger partial charge in [-0.15, -0.1) is 0 Å². The van der Waals surface area contributed by atoms with E-state index < -0.39 is 23.6 Å². The van der Waals surface area contributed by atoms with E-state index in [1.54, 1.807) is 65.1 Å². The number of aryl methyl sites for hydroxylation is 1. The van der Waals surface area contributed by atoms with Crippen LogP contribution in [-0.2, 0) is 22.5 Å². The summed E-state index contributed by atoms with van der Waals surface area (Å²) in [6.45, 7) is 7.18. The fraction of sp³-hybridized carbons (Fsp3) is 0.310. The molecule has 6 nitrogen and oxygen atoms in total. The maximum atomic E-state index is 14.9. The Kier molecular flexibility index (Phi) is 8.04. The molecule has 0 spiro atoms. The lowest BCUT2D eigenvalue weighted by atomic mass is 10.1. The zero-order chi connectivity index (χ0) is 27.8. The first-order chi connectivity index (χ1) is 17.8. The van der Waals surface area contributed by atoms with Crippen molar-refractivity contribution in [2.45, 2.75) is 52.3 Å². The quantitative estimate of drug-likeness (QED) is 0.300. The molecule has 9 heteroatoms. The molecule has 1 unspecified atom stereocenters. The van der Waals surface area contributed by atoms with E-state index in [0.717, 1.165) is 10.0 Å². The standard InChI is InChI=1S/C29H29BrClFN2O4/c1-17-11-23(32)22-15-25(34(24(22)12-17)28(36)38-29(2,3)4)27(35)33(5)16-18-9-10-19(30)13-26(18)37-21-8-6-7-20(31)14-21/h6-14,25H,15-16H2,1-5H3. The molecule has 2 amide bonds. The number of benzene rings is 3. The molecular formula is C29H29BrClFN2O4. The minimum Gasteiger partial charge on any atom is -0.457 e. The van der Waals surface area contributed by atoms with Crippen LogP contribution in [0.1, 0.15) is 37.5 Å². The van der Waals surface area contributed by atoms with Gasteiger partial charge in [-0.25, -0.2) is 9.18 Å². The maximum Gasteiger partial charge on any atom is 0.415 e. The molecule has 4 rings (SSSR count). The second kappa shape index (κ2) is 10.9. The number of rotatable bonds is 5. The number of carbonyl (C=O) groups excluding carboxylic acids is 2. The van der Waals surface area contributed by atoms with Crippen LogP contribution in [0.15, 0.2) is 59.1 Å². The van der Waals surface area contributed by atoms with Gasteiger partial charge in [0.2, 0.25) is 5.91 Å². The van der Waals surface area contributed by atoms with Crippen molar-refractivity contribution in [2.75, 3.05) is 11.9 Å². The molecule has 0 saturated carbocycles. The monoisotopic (exact) mass is 602 g/mol. The summed E-state index contributed by atoms with van der Waals surface area (Å²) in [7, 11) is 1.64. The first-order valence-corrected chi connectivity index (χ1v) is 13.3. The fourth-order valence-electron chi connectivity index (χ4n) is 4.36. The molecule has 1 atom stereocenters. The first kappa shape index (κ1) is 27.9. The Morgan fingerprint density at radius 1 is 1.16 bits per heavy atom. The number of nitrogens with zero attached hydrogens (tertiary/aromatic N) is 2. The first-order valence-electron chi connectivity index (χ1n) is 12.1. The Hall–Kier alpha value is -3.10. The van der Waals surface area contributed by atoms with Crippen molar-refractivity contribution in [1.82, 2.24) is 4.90 Å². The number of halogens is 3. The van der Waals surface area contributed by atoms with Gasteiger partial charge in [-0.1, -0.05) is 39.7 Å². The number of likely N-dealkylation sites (N-methyl/N-ethyl adjacent to an activating group) is 1. The number of amides is 2. The summed E-state index contributed by atoms with van der Waals surface area (Å²) >= 11 is 9.58. The molecule has 3 aromatic carbocycles. The lowest BCUT2D eigenvalue weighted by Gasteiger charge is -2.31. The van der Waals surface area contributed by atoms with Gasteiger partial charge in [0.05, 0.1) is 5.69 Å². The van der Waals surface area contributed by atoms with Crippen LogP contribution in [0.5, 0.6) is 11.5 Å². The molecule has 3 aromatic rings. The van der Waals surface area contributed by atoms with E-state index in [0.29, 0.717) is 33.3 Å². The minimum absolute atomic E-state index is 0.0517. The largest absolute Gasteiger partial charge is 0.457 e. The summed E-state index contributed by atoms with van der Waals surface area (Å²) in [4.78, 5) is 29.8. The van der Waals surface area contributed by atoms with Gasteiger partial charge in [0.15, 0.2) is 0 Å². The maximum absolute atomic E-state index is 14.9. The number of hydrogen-bond donors (Lipinski definition) is 0. The molecule has 200 valence electrons. The van der Waals surface area contributed by atoms with E-state index in [1.807, 2.05) is 18.2 Å². The van der Waals surface area contributed by atoms with E-state index in [-0.39, 0.29) is 18.9 Å². The highest BCUT2D eigenvalue weighted by Gasteiger charge is 2.43. The third-order valence-corrected chi connectivity index (χ3v) is 6.73. The number of anilines is 1. The topological polar surface area (TPSA) is 59.1 Å². The average Bonchev–Trinajstić information content (AvgIpc) is 3.19. The van der Waals surface area contributed by atoms with Crippen LogP contribution in [0.25, 0.3) is 0 Å². The minimum atomic E-state index is -0.950. The van der Waals surface area contributed by atoms with Crippen LogP contribution in [0, 0.1) is 12.7 Å². The molecule has 1 aliphatic heterocycles. The Morgan fingerprint density at radius 2 is 1.89 bits per heavy atom. The van der Waals surface area contributed by atoms with Crippen LogP contribution in [0.2, 0.25) is 5.02 Å². The van der Waals surface area contributed by atoms with Gasteiger partial charge in [0.25, 0.3) is 0 Å². The Labute approximate surface area is 235 Å². The third kappa shape index (κ3) is 6.30. The van der Waals surface area contributed by atoms with Crippen LogP contribution >= 0.6 is 27.5 Å². The summed E-state index contributed by atoms with van der Waals surface area (Å²) in [5.74, 6) is 0.304. The fourth-order valence-corrected chi connectivity index (χ4v) is 4.88. The molecule has 1 aliphatic rings. The SMILES string of the molecule is Cc1cc(F)c2c(c1)N(C(=O)OC(C)(C)C)C(C(=O)N(C)Cc1ccc(Br)cc1Oc1cccc(Cl)c1)C2. The molecule has 0 aliphatic carbocycles. The Bertz CT molecular complexity index is 1390. The van der Waals surface area contributed by atoms with Gasteiger partial charge in [-0.05, 0) is 75.7 Å². The van der Waals surface area contributed by atoms with Gasteiger partial charge < -0.3 is 14.4 Å². The van der Waals surface area contributed by atoms with Crippen LogP contribution in [0.3, 0.4) is 0 Å². The number of fused-ring (bicyclic) bond motifs is 1. The van der Waals surface area contributed by atoms with E-state index in [4.69, 9.17) is 21.1 Å². The molecule has 1 heterocycles. The van der Waals surface area contributed by atoms with Crippen LogP contribution < -0.4 is 9.64 Å². The molecule has 0 radical (unpaired) electrons. The molecule has 0 fully saturated rings. The predicted octanol–water partition coefficient (Wildman–Crippen LogP) is 7.67. The predicted molar refractivity (Wildman–Crippen MR) is 149 cm³/mol. The van der Waals surface area contributed by atoms with E-state index in [1.165, 1.54) is 15.9 Å². The summed E-state index contributed by atoms with van der Waals surface area (Å²) in [5.41, 5.74) is 1.28. The van der Waals surface area contributed by atoms with Gasteiger partial charge in [-0.2, -0.15) is 0 Å². The van der Waals surface area contributed by atoms with Crippen molar-refractivity contribution < 1.29 is 23.5 Å². The van der Waals surface area contributed by atoms with Crippen molar-refractivity contribution in [3.63, 3.8) is 0 Å². The smallest absolute Gasteiger partial charge is 0.415 e. The van der Waals surface area contributed by atoms with Crippen molar-refractivity contribution >= 4 is 45.2 Å². The van der Waals surface area contributed by atoms with Gasteiger partial charge in [0.1, 0.15) is 29.0 Å². The Morgan fingerprint density at radius 3 is 2.58 bits per heavy atom. The van der Waals surface area contributed by atoms with Crippen molar-refractivity contribution in [3.8, 4) is 11.5 Å². The number of ether oxygens (including phenoxy) is 2. The highest BCUT2D eigenvalue weighted by atomic mass is 79.9. The highest BCUT2D eigenvalue weighted by molar-refractivity contribution is 9.10. The molecule has 0 aromatic heterocycles. The van der Waals surface area contributed by atoms with Gasteiger partial charge in [-0.3, -0.25) is 9.69 Å². The molecule has 0 N–H and O–H groups in total. The van der Waals surface area contributed by atoms with E-state index in [9.17, 15) is 14.0 Å². The summed E-state index contributed by atoms with van der Waals surface area (Å²) < 4.78 is 27.4. The van der Waals surface area contributed by atoms with E-state index >= 15 is 0 Å². The second-order valence-electron chi connectivity index (χ2n) is 10.3. The average molecular weight is 604 g/mol. The lowest BCUT2D eigenvalue weighted by molar-refractivity contribution is -0.131. The summed E-state index contributed by atoms with van der Waals surface area (Å²) in [5, 5.41) is 0.539. The normalized spacial score (nSPS) is 14.7. The highest BCUT2D eigenvalue weighted by Crippen LogP contribution is 2.37. The zero-order valence-electron chi connectivity index (χ0n) is 21.8. The van der Waals surface area contributed by atoms with Gasteiger partial charge in [0, 0.05) is 40.6 Å². The van der Waals surface area contributed by atoms with Crippen molar-refractivity contribution in [1.29, 1.82) is 0 Å². The molecular weight excluding hydrogens is 575 g/mol. The Balaban J connectivity index is 1.62. The molecule has 0 bridgehead atoms. The van der Waals surface area contributed by atoms with Gasteiger partial charge >= 0.3 is 6.09 Å². The number of hydrogen-bond acceptors (Lipinski definition) is 4. The molecule has 38 heavy (non-hydrogen) atoms. The van der Waals surface area contributed by atoms with Crippen molar-refractivity contribution in [2.24, 2.45) is 0 Å². The second-order valence-corrected chi connectivity index (χ2v) is 11.7. The zero-order valence-corrected chi connectivity index (χ0v) is 24.2. The third-order valence-electron chi connectivity index (χ3n) is 6.00. The number of carbonyl (C=O) groups is 2. The van der Waals surface area contributed by atoms with Crippen LogP contribution in [-0.4, -0.2) is 35.6 Å². The van der Waals surface area contributed by atoms with Crippen molar-refractivity contribution in [3.05, 3.63) is 86.6 Å². The summed E-state index contributed by atoms with van der Waals surface area (Å²) in [6.07, 6.45) is -0.641. The lowest BCUT2D eigenvalue weighted by Crippen LogP contribution is -2.49. The summed E-state index contributed by atoms with van der Waals surface area (Å²) in [6, 6.07) is 14.7. The van der Waals surface area contributed by atoms with E-state index in [2.05, 4.69) is 15.9 Å².